The van der Waals surface area contributed by atoms with Gasteiger partial charge in [0, 0.05) is 7.11 Å². The second-order valence-electron chi connectivity index (χ2n) is 6.09. The lowest BCUT2D eigenvalue weighted by Crippen LogP contribution is -2.57. The summed E-state index contributed by atoms with van der Waals surface area (Å²) in [7, 11) is 1.78. The molecule has 0 heterocycles. The average Bonchev–Trinajstić information content (AvgIpc) is 2.50. The topological polar surface area (TPSA) is 47.3 Å². The van der Waals surface area contributed by atoms with Gasteiger partial charge in [0.2, 0.25) is 0 Å². The molecule has 2 rings (SSSR count). The summed E-state index contributed by atoms with van der Waals surface area (Å²) in [6.45, 7) is 2.29. The van der Waals surface area contributed by atoms with Crippen molar-refractivity contribution in [2.45, 2.75) is 50.7 Å². The Kier molecular flexibility index (Phi) is 5.92. The number of hydrogen-bond donors (Lipinski definition) is 2. The van der Waals surface area contributed by atoms with Crippen LogP contribution in [0.3, 0.4) is 0 Å². The molecule has 0 amide bonds. The Morgan fingerprint density at radius 1 is 1.38 bits per heavy atom. The number of hydrogen-bond acceptors (Lipinski definition) is 3. The van der Waals surface area contributed by atoms with E-state index in [1.165, 1.54) is 0 Å². The van der Waals surface area contributed by atoms with Gasteiger partial charge in [-0.1, -0.05) is 42.3 Å². The van der Waals surface area contributed by atoms with Crippen LogP contribution in [0.2, 0.25) is 10.0 Å². The van der Waals surface area contributed by atoms with Crippen molar-refractivity contribution < 1.29 is 4.74 Å². The van der Waals surface area contributed by atoms with E-state index in [1.54, 1.807) is 13.2 Å². The first kappa shape index (κ1) is 17.0. The maximum Gasteiger partial charge on any atom is 0.0847 e. The summed E-state index contributed by atoms with van der Waals surface area (Å²) in [6.07, 6.45) is 5.05. The fraction of sp³-hybridized carbons (Fsp3) is 0.625. The Bertz CT molecular complexity index is 473. The van der Waals surface area contributed by atoms with Crippen LogP contribution in [0.5, 0.6) is 0 Å². The largest absolute Gasteiger partial charge is 0.377 e. The zero-order valence-corrected chi connectivity index (χ0v) is 14.2. The molecule has 1 saturated carbocycles. The summed E-state index contributed by atoms with van der Waals surface area (Å²) in [5, 5.41) is 1.18. The van der Waals surface area contributed by atoms with Crippen LogP contribution < -0.4 is 11.3 Å². The number of nitrogens with one attached hydrogen (secondary N) is 1. The maximum absolute atomic E-state index is 6.30. The van der Waals surface area contributed by atoms with Crippen LogP contribution in [-0.4, -0.2) is 18.8 Å². The lowest BCUT2D eigenvalue weighted by molar-refractivity contribution is -0.0746. The van der Waals surface area contributed by atoms with Crippen molar-refractivity contribution in [3.8, 4) is 0 Å². The molecule has 0 aliphatic heterocycles. The average molecular weight is 331 g/mol. The van der Waals surface area contributed by atoms with Crippen LogP contribution in [0.15, 0.2) is 18.2 Å². The second kappa shape index (κ2) is 7.30. The lowest BCUT2D eigenvalue weighted by atomic mass is 9.74. The second-order valence-corrected chi connectivity index (χ2v) is 6.87. The molecule has 1 aromatic rings. The van der Waals surface area contributed by atoms with E-state index >= 15 is 0 Å². The lowest BCUT2D eigenvalue weighted by Gasteiger charge is -2.44. The molecule has 0 saturated heterocycles. The smallest absolute Gasteiger partial charge is 0.0847 e. The van der Waals surface area contributed by atoms with Crippen LogP contribution in [-0.2, 0) is 11.2 Å². The molecular weight excluding hydrogens is 307 g/mol. The molecule has 1 aliphatic rings. The summed E-state index contributed by atoms with van der Waals surface area (Å²) < 4.78 is 5.90. The van der Waals surface area contributed by atoms with Gasteiger partial charge in [0.15, 0.2) is 0 Å². The van der Waals surface area contributed by atoms with Crippen LogP contribution in [0.25, 0.3) is 0 Å². The van der Waals surface area contributed by atoms with E-state index in [9.17, 15) is 0 Å². The molecule has 1 atom stereocenters. The van der Waals surface area contributed by atoms with E-state index in [4.69, 9.17) is 33.8 Å². The van der Waals surface area contributed by atoms with Gasteiger partial charge in [0.05, 0.1) is 21.7 Å². The van der Waals surface area contributed by atoms with Crippen LogP contribution in [0.1, 0.15) is 38.2 Å². The molecule has 0 radical (unpaired) electrons. The molecule has 118 valence electrons. The fourth-order valence-corrected chi connectivity index (χ4v) is 3.67. The Morgan fingerprint density at radius 3 is 2.62 bits per heavy atom. The Morgan fingerprint density at radius 2 is 2.05 bits per heavy atom. The number of halogens is 2. The SMILES string of the molecule is COC1(C(Cc2cccc(Cl)c2Cl)NN)CCC(C)CC1. The first-order valence-corrected chi connectivity index (χ1v) is 8.22. The van der Waals surface area contributed by atoms with Gasteiger partial charge in [0.1, 0.15) is 0 Å². The van der Waals surface area contributed by atoms with Crippen molar-refractivity contribution >= 4 is 23.2 Å². The third-order valence-electron chi connectivity index (χ3n) is 4.82. The highest BCUT2D eigenvalue weighted by atomic mass is 35.5. The van der Waals surface area contributed by atoms with Crippen LogP contribution in [0.4, 0.5) is 0 Å². The summed E-state index contributed by atoms with van der Waals surface area (Å²) >= 11 is 12.4. The maximum atomic E-state index is 6.30. The standard InChI is InChI=1S/C16H24Cl2N2O/c1-11-6-8-16(21-2,9-7-11)14(20-19)10-12-4-3-5-13(17)15(12)18/h3-5,11,14,20H,6-10,19H2,1-2H3. The van der Waals surface area contributed by atoms with Gasteiger partial charge in [-0.3, -0.25) is 11.3 Å². The minimum absolute atomic E-state index is 0.0194. The van der Waals surface area contributed by atoms with Crippen molar-refractivity contribution in [1.29, 1.82) is 0 Å². The first-order chi connectivity index (χ1) is 10.0. The zero-order chi connectivity index (χ0) is 15.5. The van der Waals surface area contributed by atoms with Crippen molar-refractivity contribution in [2.75, 3.05) is 7.11 Å². The monoisotopic (exact) mass is 330 g/mol. The van der Waals surface area contributed by atoms with Gasteiger partial charge in [-0.25, -0.2) is 0 Å². The van der Waals surface area contributed by atoms with E-state index in [0.29, 0.717) is 16.5 Å². The molecule has 0 spiro atoms. The van der Waals surface area contributed by atoms with E-state index in [0.717, 1.165) is 37.2 Å². The summed E-state index contributed by atoms with van der Waals surface area (Å²) in [4.78, 5) is 0. The van der Waals surface area contributed by atoms with Crippen LogP contribution in [0, 0.1) is 5.92 Å². The molecule has 21 heavy (non-hydrogen) atoms. The molecule has 3 N–H and O–H groups in total. The highest BCUT2D eigenvalue weighted by Gasteiger charge is 2.41. The third-order valence-corrected chi connectivity index (χ3v) is 5.68. The van der Waals surface area contributed by atoms with Gasteiger partial charge in [0.25, 0.3) is 0 Å². The molecule has 0 bridgehead atoms. The fourth-order valence-electron chi connectivity index (χ4n) is 3.27. The molecule has 3 nitrogen and oxygen atoms in total. The van der Waals surface area contributed by atoms with E-state index < -0.39 is 0 Å². The highest BCUT2D eigenvalue weighted by molar-refractivity contribution is 6.42. The predicted molar refractivity (Wildman–Crippen MR) is 88.6 cm³/mol. The van der Waals surface area contributed by atoms with Crippen LogP contribution >= 0.6 is 23.2 Å². The minimum Gasteiger partial charge on any atom is -0.377 e. The van der Waals surface area contributed by atoms with Crippen molar-refractivity contribution in [3.05, 3.63) is 33.8 Å². The quantitative estimate of drug-likeness (QED) is 0.634. The van der Waals surface area contributed by atoms with E-state index in [1.807, 2.05) is 12.1 Å². The van der Waals surface area contributed by atoms with Crippen molar-refractivity contribution in [1.82, 2.24) is 5.43 Å². The summed E-state index contributed by atoms with van der Waals surface area (Å²) in [5.74, 6) is 6.58. The van der Waals surface area contributed by atoms with Gasteiger partial charge < -0.3 is 4.74 Å². The van der Waals surface area contributed by atoms with Crippen molar-refractivity contribution in [2.24, 2.45) is 11.8 Å². The molecule has 1 aromatic carbocycles. The number of methoxy groups -OCH3 is 1. The number of hydrazine groups is 1. The minimum atomic E-state index is -0.229. The molecule has 1 aliphatic carbocycles. The molecule has 1 unspecified atom stereocenters. The molecular formula is C16H24Cl2N2O. The third kappa shape index (κ3) is 3.72. The number of benzene rings is 1. The Balaban J connectivity index is 2.20. The Hall–Kier alpha value is -0.320. The van der Waals surface area contributed by atoms with Gasteiger partial charge in [-0.05, 0) is 49.7 Å². The highest BCUT2D eigenvalue weighted by Crippen LogP contribution is 2.38. The van der Waals surface area contributed by atoms with Gasteiger partial charge in [-0.15, -0.1) is 0 Å². The molecule has 5 heteroatoms. The predicted octanol–water partition coefficient (Wildman–Crippen LogP) is 3.96. The summed E-state index contributed by atoms with van der Waals surface area (Å²) in [6, 6.07) is 5.73. The number of ether oxygens (including phenoxy) is 1. The Labute approximate surface area is 137 Å². The first-order valence-electron chi connectivity index (χ1n) is 7.46. The number of nitrogens with two attached hydrogens (primary N) is 1. The summed E-state index contributed by atoms with van der Waals surface area (Å²) in [5.41, 5.74) is 3.72. The van der Waals surface area contributed by atoms with E-state index in [-0.39, 0.29) is 11.6 Å². The molecule has 1 fully saturated rings. The van der Waals surface area contributed by atoms with Gasteiger partial charge in [-0.2, -0.15) is 0 Å². The molecule has 0 aromatic heterocycles. The normalized spacial score (nSPS) is 27.6. The number of rotatable bonds is 5. The van der Waals surface area contributed by atoms with Gasteiger partial charge >= 0.3 is 0 Å². The zero-order valence-electron chi connectivity index (χ0n) is 12.7. The van der Waals surface area contributed by atoms with E-state index in [2.05, 4.69) is 12.3 Å². The van der Waals surface area contributed by atoms with Crippen molar-refractivity contribution in [3.63, 3.8) is 0 Å².